The molecule has 1 unspecified atom stereocenters. The number of carbonyl (C=O) groups is 1. The van der Waals surface area contributed by atoms with E-state index in [1.165, 1.54) is 5.57 Å². The first-order chi connectivity index (χ1) is 13.0. The van der Waals surface area contributed by atoms with Crippen LogP contribution in [0, 0.1) is 0 Å². The van der Waals surface area contributed by atoms with Crippen LogP contribution in [0.4, 0.5) is 5.69 Å². The van der Waals surface area contributed by atoms with Gasteiger partial charge < -0.3 is 15.2 Å². The van der Waals surface area contributed by atoms with E-state index in [1.807, 2.05) is 19.1 Å². The molecule has 1 heterocycles. The number of anilines is 1. The van der Waals surface area contributed by atoms with E-state index in [4.69, 9.17) is 16.3 Å². The lowest BCUT2D eigenvalue weighted by Gasteiger charge is -2.31. The number of amides is 1. The fourth-order valence-electron chi connectivity index (χ4n) is 3.16. The molecule has 142 valence electrons. The van der Waals surface area contributed by atoms with Gasteiger partial charge in [0, 0.05) is 18.1 Å². The van der Waals surface area contributed by atoms with Crippen LogP contribution in [0.25, 0.3) is 5.57 Å². The second-order valence-corrected chi connectivity index (χ2v) is 6.97. The normalized spacial score (nSPS) is 15.7. The minimum absolute atomic E-state index is 0.1000. The molecule has 27 heavy (non-hydrogen) atoms. The molecule has 0 bridgehead atoms. The predicted molar refractivity (Wildman–Crippen MR) is 108 cm³/mol. The van der Waals surface area contributed by atoms with Gasteiger partial charge in [0.15, 0.2) is 0 Å². The molecule has 6 heteroatoms. The molecule has 2 aromatic carbocycles. The monoisotopic (exact) mass is 386 g/mol. The molecule has 1 atom stereocenters. The smallest absolute Gasteiger partial charge is 0.241 e. The van der Waals surface area contributed by atoms with Crippen LogP contribution in [0.5, 0.6) is 11.5 Å². The largest absolute Gasteiger partial charge is 0.508 e. The van der Waals surface area contributed by atoms with E-state index in [0.29, 0.717) is 23.0 Å². The third-order valence-electron chi connectivity index (χ3n) is 4.83. The predicted octanol–water partition coefficient (Wildman–Crippen LogP) is 4.17. The number of hydrogen-bond acceptors (Lipinski definition) is 4. The minimum atomic E-state index is -0.286. The van der Waals surface area contributed by atoms with Gasteiger partial charge in [-0.2, -0.15) is 0 Å². The second kappa shape index (κ2) is 8.46. The molecule has 1 amide bonds. The van der Waals surface area contributed by atoms with Crippen LogP contribution in [0.15, 0.2) is 48.5 Å². The maximum Gasteiger partial charge on any atom is 0.241 e. The van der Waals surface area contributed by atoms with Crippen molar-refractivity contribution in [2.24, 2.45) is 0 Å². The van der Waals surface area contributed by atoms with Crippen molar-refractivity contribution in [1.29, 1.82) is 0 Å². The highest BCUT2D eigenvalue weighted by Crippen LogP contribution is 2.29. The lowest BCUT2D eigenvalue weighted by molar-refractivity contribution is -0.120. The van der Waals surface area contributed by atoms with Gasteiger partial charge in [0.1, 0.15) is 11.5 Å². The number of benzene rings is 2. The third-order valence-corrected chi connectivity index (χ3v) is 5.06. The minimum Gasteiger partial charge on any atom is -0.508 e. The van der Waals surface area contributed by atoms with Gasteiger partial charge in [-0.1, -0.05) is 29.8 Å². The molecule has 0 aromatic heterocycles. The summed E-state index contributed by atoms with van der Waals surface area (Å²) in [6.45, 7) is 3.37. The fraction of sp³-hybridized carbons (Fsp3) is 0.286. The van der Waals surface area contributed by atoms with Crippen LogP contribution in [0.1, 0.15) is 18.9 Å². The summed E-state index contributed by atoms with van der Waals surface area (Å²) in [5.41, 5.74) is 2.91. The van der Waals surface area contributed by atoms with E-state index in [1.54, 1.807) is 37.4 Å². The molecule has 1 aliphatic heterocycles. The molecule has 1 aliphatic rings. The number of aromatic hydroxyl groups is 1. The quantitative estimate of drug-likeness (QED) is 0.809. The van der Waals surface area contributed by atoms with Crippen LogP contribution in [0.2, 0.25) is 5.02 Å². The number of methoxy groups -OCH3 is 1. The lowest BCUT2D eigenvalue weighted by Crippen LogP contribution is -2.44. The molecule has 0 radical (unpaired) electrons. The number of nitrogens with one attached hydrogen (secondary N) is 1. The van der Waals surface area contributed by atoms with Crippen molar-refractivity contribution in [3.63, 3.8) is 0 Å². The molecule has 2 aromatic rings. The summed E-state index contributed by atoms with van der Waals surface area (Å²) in [4.78, 5) is 14.8. The molecular formula is C21H23ClN2O3. The highest BCUT2D eigenvalue weighted by atomic mass is 35.5. The van der Waals surface area contributed by atoms with Crippen molar-refractivity contribution in [1.82, 2.24) is 4.90 Å². The maximum atomic E-state index is 12.7. The summed E-state index contributed by atoms with van der Waals surface area (Å²) in [6.07, 6.45) is 2.99. The van der Waals surface area contributed by atoms with Crippen LogP contribution in [0.3, 0.4) is 0 Å². The summed E-state index contributed by atoms with van der Waals surface area (Å²) in [7, 11) is 1.56. The van der Waals surface area contributed by atoms with E-state index in [2.05, 4.69) is 16.3 Å². The van der Waals surface area contributed by atoms with Crippen molar-refractivity contribution in [3.05, 3.63) is 59.1 Å². The number of carbonyl (C=O) groups excluding carboxylic acids is 1. The Balaban J connectivity index is 1.65. The number of phenols is 1. The fourth-order valence-corrected chi connectivity index (χ4v) is 3.33. The molecule has 0 saturated heterocycles. The van der Waals surface area contributed by atoms with Crippen LogP contribution < -0.4 is 10.1 Å². The van der Waals surface area contributed by atoms with E-state index < -0.39 is 0 Å². The number of halogens is 1. The molecule has 0 aliphatic carbocycles. The molecule has 0 fully saturated rings. The first-order valence-corrected chi connectivity index (χ1v) is 9.22. The Kier molecular flexibility index (Phi) is 6.04. The summed E-state index contributed by atoms with van der Waals surface area (Å²) in [6, 6.07) is 12.1. The Bertz CT molecular complexity index is 849. The van der Waals surface area contributed by atoms with Gasteiger partial charge in [-0.05, 0) is 54.8 Å². The zero-order valence-electron chi connectivity index (χ0n) is 15.4. The highest BCUT2D eigenvalue weighted by Gasteiger charge is 2.24. The SMILES string of the molecule is COc1ccc(Cl)cc1NC(=O)C(C)N1CC=C(c2ccc(O)cc2)CC1. The van der Waals surface area contributed by atoms with Crippen molar-refractivity contribution in [3.8, 4) is 11.5 Å². The standard InChI is InChI=1S/C21H23ClN2O3/c1-14(21(26)23-19-13-17(22)5-8-20(19)27-2)24-11-9-16(10-12-24)15-3-6-18(25)7-4-15/h3-9,13-14,25H,10-12H2,1-2H3,(H,23,26). The van der Waals surface area contributed by atoms with E-state index in [9.17, 15) is 9.90 Å². The second-order valence-electron chi connectivity index (χ2n) is 6.53. The number of nitrogens with zero attached hydrogens (tertiary/aromatic N) is 1. The van der Waals surface area contributed by atoms with Crippen molar-refractivity contribution < 1.29 is 14.6 Å². The maximum absolute atomic E-state index is 12.7. The van der Waals surface area contributed by atoms with Gasteiger partial charge in [0.25, 0.3) is 0 Å². The Hall–Kier alpha value is -2.50. The number of rotatable bonds is 5. The molecule has 2 N–H and O–H groups in total. The summed E-state index contributed by atoms with van der Waals surface area (Å²) < 4.78 is 5.28. The van der Waals surface area contributed by atoms with Crippen molar-refractivity contribution in [2.75, 3.05) is 25.5 Å². The lowest BCUT2D eigenvalue weighted by atomic mass is 9.98. The zero-order valence-corrected chi connectivity index (χ0v) is 16.2. The topological polar surface area (TPSA) is 61.8 Å². The Morgan fingerprint density at radius 1 is 1.26 bits per heavy atom. The molecule has 0 spiro atoms. The van der Waals surface area contributed by atoms with E-state index >= 15 is 0 Å². The first-order valence-electron chi connectivity index (χ1n) is 8.85. The van der Waals surface area contributed by atoms with Crippen molar-refractivity contribution in [2.45, 2.75) is 19.4 Å². The van der Waals surface area contributed by atoms with Gasteiger partial charge in [-0.15, -0.1) is 0 Å². The van der Waals surface area contributed by atoms with Crippen LogP contribution >= 0.6 is 11.6 Å². The number of phenolic OH excluding ortho intramolecular Hbond substituents is 1. The average Bonchev–Trinajstić information content (AvgIpc) is 2.68. The zero-order chi connectivity index (χ0) is 19.4. The molecule has 3 rings (SSSR count). The Morgan fingerprint density at radius 2 is 2.00 bits per heavy atom. The van der Waals surface area contributed by atoms with Crippen LogP contribution in [-0.4, -0.2) is 42.2 Å². The average molecular weight is 387 g/mol. The van der Waals surface area contributed by atoms with Gasteiger partial charge in [0.2, 0.25) is 5.91 Å². The summed E-state index contributed by atoms with van der Waals surface area (Å²) in [5.74, 6) is 0.740. The van der Waals surface area contributed by atoms with E-state index in [0.717, 1.165) is 18.5 Å². The van der Waals surface area contributed by atoms with E-state index in [-0.39, 0.29) is 17.7 Å². The van der Waals surface area contributed by atoms with Crippen LogP contribution in [-0.2, 0) is 4.79 Å². The van der Waals surface area contributed by atoms with Gasteiger partial charge in [-0.25, -0.2) is 0 Å². The number of hydrogen-bond donors (Lipinski definition) is 2. The first kappa shape index (κ1) is 19.3. The van der Waals surface area contributed by atoms with Gasteiger partial charge in [-0.3, -0.25) is 9.69 Å². The number of ether oxygens (including phenoxy) is 1. The summed E-state index contributed by atoms with van der Waals surface area (Å²) >= 11 is 6.03. The molecular weight excluding hydrogens is 364 g/mol. The summed E-state index contributed by atoms with van der Waals surface area (Å²) in [5, 5.41) is 12.9. The molecule has 0 saturated carbocycles. The van der Waals surface area contributed by atoms with Gasteiger partial charge in [0.05, 0.1) is 18.8 Å². The van der Waals surface area contributed by atoms with Crippen molar-refractivity contribution >= 4 is 28.8 Å². The van der Waals surface area contributed by atoms with Gasteiger partial charge >= 0.3 is 0 Å². The Morgan fingerprint density at radius 3 is 2.63 bits per heavy atom. The highest BCUT2D eigenvalue weighted by molar-refractivity contribution is 6.31. The molecule has 5 nitrogen and oxygen atoms in total. The Labute approximate surface area is 164 Å². The third kappa shape index (κ3) is 4.62.